The van der Waals surface area contributed by atoms with Crippen LogP contribution in [0.3, 0.4) is 0 Å². The highest BCUT2D eigenvalue weighted by molar-refractivity contribution is 14.1. The molecule has 0 aliphatic rings. The maximum absolute atomic E-state index is 3.74. The molecule has 0 aliphatic heterocycles. The van der Waals surface area contributed by atoms with Gasteiger partial charge in [0.05, 0.1) is 0 Å². The maximum atomic E-state index is 3.74. The molecule has 1 rings (SSSR count). The molecule has 0 heterocycles. The van der Waals surface area contributed by atoms with Crippen molar-refractivity contribution < 1.29 is 0 Å². The van der Waals surface area contributed by atoms with Crippen LogP contribution in [-0.4, -0.2) is 4.43 Å². The summed E-state index contributed by atoms with van der Waals surface area (Å²) in [4.78, 5) is 0. The van der Waals surface area contributed by atoms with E-state index in [0.29, 0.717) is 0 Å². The Labute approximate surface area is 94.2 Å². The number of hydrogen-bond donors (Lipinski definition) is 0. The first-order valence-corrected chi connectivity index (χ1v) is 6.16. The number of hydrogen-bond acceptors (Lipinski definition) is 0. The predicted octanol–water partition coefficient (Wildman–Crippen LogP) is 4.09. The Bertz CT molecular complexity index is 248. The van der Waals surface area contributed by atoms with Crippen molar-refractivity contribution in [3.8, 4) is 0 Å². The van der Waals surface area contributed by atoms with Gasteiger partial charge in [0.25, 0.3) is 0 Å². The van der Waals surface area contributed by atoms with Crippen molar-refractivity contribution in [2.45, 2.75) is 19.3 Å². The molecule has 70 valence electrons. The van der Waals surface area contributed by atoms with Crippen LogP contribution in [0.15, 0.2) is 30.8 Å². The Morgan fingerprint density at radius 3 is 2.38 bits per heavy atom. The lowest BCUT2D eigenvalue weighted by molar-refractivity contribution is 0.809. The molecule has 0 atom stereocenters. The third kappa shape index (κ3) is 3.94. The molecule has 0 bridgehead atoms. The van der Waals surface area contributed by atoms with Gasteiger partial charge in [0, 0.05) is 0 Å². The third-order valence-electron chi connectivity index (χ3n) is 2.06. The molecule has 1 aromatic carbocycles. The van der Waals surface area contributed by atoms with Crippen LogP contribution in [0.2, 0.25) is 0 Å². The summed E-state index contributed by atoms with van der Waals surface area (Å²) < 4.78 is 1.27. The van der Waals surface area contributed by atoms with Gasteiger partial charge in [-0.05, 0) is 34.8 Å². The van der Waals surface area contributed by atoms with Gasteiger partial charge in [0.15, 0.2) is 0 Å². The van der Waals surface area contributed by atoms with Crippen LogP contribution in [0.25, 0.3) is 6.08 Å². The van der Waals surface area contributed by atoms with Gasteiger partial charge < -0.3 is 0 Å². The minimum Gasteiger partial charge on any atom is -0.0985 e. The molecule has 0 saturated heterocycles. The Morgan fingerprint density at radius 1 is 1.15 bits per heavy atom. The fourth-order valence-corrected chi connectivity index (χ4v) is 1.78. The molecule has 0 spiro atoms. The second-order valence-corrected chi connectivity index (χ2v) is 4.17. The largest absolute Gasteiger partial charge is 0.0985 e. The summed E-state index contributed by atoms with van der Waals surface area (Å²) in [6.45, 7) is 3.74. The van der Waals surface area contributed by atoms with Crippen LogP contribution in [0.5, 0.6) is 0 Å². The standard InChI is InChI=1S/C12H15I/c1-2-11-6-8-12(9-7-11)5-3-4-10-13/h2,6-9H,1,3-5,10H2. The first kappa shape index (κ1) is 10.8. The predicted molar refractivity (Wildman–Crippen MR) is 68.4 cm³/mol. The zero-order valence-electron chi connectivity index (χ0n) is 7.80. The molecule has 0 fully saturated rings. The van der Waals surface area contributed by atoms with Crippen molar-refractivity contribution in [3.05, 3.63) is 42.0 Å². The fraction of sp³-hybridized carbons (Fsp3) is 0.333. The van der Waals surface area contributed by atoms with Crippen molar-refractivity contribution in [3.63, 3.8) is 0 Å². The second-order valence-electron chi connectivity index (χ2n) is 3.09. The number of unbranched alkanes of at least 4 members (excludes halogenated alkanes) is 1. The quantitative estimate of drug-likeness (QED) is 0.434. The number of halogens is 1. The summed E-state index contributed by atoms with van der Waals surface area (Å²) >= 11 is 2.43. The van der Waals surface area contributed by atoms with Gasteiger partial charge >= 0.3 is 0 Å². The number of aryl methyl sites for hydroxylation is 1. The average Bonchev–Trinajstić information content (AvgIpc) is 2.19. The highest BCUT2D eigenvalue weighted by Crippen LogP contribution is 2.09. The van der Waals surface area contributed by atoms with Gasteiger partial charge in [-0.2, -0.15) is 0 Å². The molecule has 0 aromatic heterocycles. The number of alkyl halides is 1. The Kier molecular flexibility index (Phi) is 5.13. The van der Waals surface area contributed by atoms with Crippen molar-refractivity contribution in [1.82, 2.24) is 0 Å². The first-order chi connectivity index (χ1) is 6.36. The monoisotopic (exact) mass is 286 g/mol. The molecule has 0 unspecified atom stereocenters. The molecule has 1 aromatic rings. The van der Waals surface area contributed by atoms with Crippen LogP contribution in [-0.2, 0) is 6.42 Å². The van der Waals surface area contributed by atoms with E-state index in [1.165, 1.54) is 34.8 Å². The molecular formula is C12H15I. The SMILES string of the molecule is C=Cc1ccc(CCCCI)cc1. The molecular weight excluding hydrogens is 271 g/mol. The van der Waals surface area contributed by atoms with Crippen LogP contribution >= 0.6 is 22.6 Å². The highest BCUT2D eigenvalue weighted by Gasteiger charge is 1.92. The summed E-state index contributed by atoms with van der Waals surface area (Å²) in [6, 6.07) is 8.66. The van der Waals surface area contributed by atoms with Crippen LogP contribution in [0.1, 0.15) is 24.0 Å². The summed E-state index contributed by atoms with van der Waals surface area (Å²) in [5.74, 6) is 0. The molecule has 0 radical (unpaired) electrons. The smallest absolute Gasteiger partial charge is 0.000461 e. The van der Waals surface area contributed by atoms with Gasteiger partial charge in [0.2, 0.25) is 0 Å². The highest BCUT2D eigenvalue weighted by atomic mass is 127. The summed E-state index contributed by atoms with van der Waals surface area (Å²) in [5, 5.41) is 0. The Hall–Kier alpha value is -0.310. The van der Waals surface area contributed by atoms with E-state index in [0.717, 1.165) is 0 Å². The second kappa shape index (κ2) is 6.19. The number of rotatable bonds is 5. The van der Waals surface area contributed by atoms with Crippen molar-refractivity contribution >= 4 is 28.7 Å². The summed E-state index contributed by atoms with van der Waals surface area (Å²) in [5.41, 5.74) is 2.65. The third-order valence-corrected chi connectivity index (χ3v) is 2.83. The van der Waals surface area contributed by atoms with E-state index < -0.39 is 0 Å². The maximum Gasteiger partial charge on any atom is -0.000461 e. The van der Waals surface area contributed by atoms with Gasteiger partial charge in [-0.15, -0.1) is 0 Å². The lowest BCUT2D eigenvalue weighted by atomic mass is 10.1. The average molecular weight is 286 g/mol. The minimum absolute atomic E-state index is 1.21. The molecule has 0 N–H and O–H groups in total. The van der Waals surface area contributed by atoms with E-state index in [1.807, 2.05) is 6.08 Å². The van der Waals surface area contributed by atoms with E-state index in [2.05, 4.69) is 53.4 Å². The van der Waals surface area contributed by atoms with Crippen LogP contribution < -0.4 is 0 Å². The molecule has 0 aliphatic carbocycles. The lowest BCUT2D eigenvalue weighted by Crippen LogP contribution is -1.85. The zero-order chi connectivity index (χ0) is 9.52. The van der Waals surface area contributed by atoms with Gasteiger partial charge in [0.1, 0.15) is 0 Å². The lowest BCUT2D eigenvalue weighted by Gasteiger charge is -2.00. The number of benzene rings is 1. The minimum atomic E-state index is 1.21. The van der Waals surface area contributed by atoms with Gasteiger partial charge in [-0.1, -0.05) is 59.5 Å². The Morgan fingerprint density at radius 2 is 1.85 bits per heavy atom. The van der Waals surface area contributed by atoms with Crippen LogP contribution in [0.4, 0.5) is 0 Å². The van der Waals surface area contributed by atoms with Crippen LogP contribution in [0, 0.1) is 0 Å². The Balaban J connectivity index is 2.44. The normalized spacial score (nSPS) is 9.92. The van der Waals surface area contributed by atoms with E-state index in [4.69, 9.17) is 0 Å². The first-order valence-electron chi connectivity index (χ1n) is 4.64. The van der Waals surface area contributed by atoms with E-state index >= 15 is 0 Å². The fourth-order valence-electron chi connectivity index (χ4n) is 1.24. The molecule has 0 saturated carbocycles. The van der Waals surface area contributed by atoms with E-state index in [1.54, 1.807) is 0 Å². The van der Waals surface area contributed by atoms with Gasteiger partial charge in [-0.25, -0.2) is 0 Å². The molecule has 0 nitrogen and oxygen atoms in total. The van der Waals surface area contributed by atoms with Crippen molar-refractivity contribution in [2.24, 2.45) is 0 Å². The molecule has 0 amide bonds. The van der Waals surface area contributed by atoms with Gasteiger partial charge in [-0.3, -0.25) is 0 Å². The molecule has 13 heavy (non-hydrogen) atoms. The molecule has 1 heteroatoms. The topological polar surface area (TPSA) is 0 Å². The van der Waals surface area contributed by atoms with E-state index in [-0.39, 0.29) is 0 Å². The summed E-state index contributed by atoms with van der Waals surface area (Å²) in [6.07, 6.45) is 5.72. The van der Waals surface area contributed by atoms with Crippen molar-refractivity contribution in [1.29, 1.82) is 0 Å². The summed E-state index contributed by atoms with van der Waals surface area (Å²) in [7, 11) is 0. The van der Waals surface area contributed by atoms with E-state index in [9.17, 15) is 0 Å². The zero-order valence-corrected chi connectivity index (χ0v) is 9.96. The van der Waals surface area contributed by atoms with Crippen molar-refractivity contribution in [2.75, 3.05) is 4.43 Å².